The molecule has 1 aromatic rings. The largest absolute Gasteiger partial charge is 0.394 e. The number of aliphatic hydroxyl groups is 1. The summed E-state index contributed by atoms with van der Waals surface area (Å²) in [5, 5.41) is 21.0. The van der Waals surface area contributed by atoms with Gasteiger partial charge in [0.25, 0.3) is 0 Å². The standard InChI is InChI=1S/C30H42N6O7/c1-17(2)11-21-27(40)33-22(12-18-7-5-4-6-8-18)30(43)36-14-20(31-26(39)19-9-10-19)13-24(36)28(41)34-23(16-37)29(42)35(3)15-25(38)32-21/h4-8,17,19-24,37H,9-16H2,1-3H3,(H,31,39)(H,32,38)(H,33,40)(H,34,41)/t20-,21-,22-,23-,24-/m0/s1. The molecule has 5 N–H and O–H groups in total. The molecule has 0 unspecified atom stereocenters. The summed E-state index contributed by atoms with van der Waals surface area (Å²) in [6, 6.07) is 4.08. The normalized spacial score (nSPS) is 27.6. The molecule has 0 spiro atoms. The van der Waals surface area contributed by atoms with E-state index in [9.17, 15) is 33.9 Å². The van der Waals surface area contributed by atoms with Crippen molar-refractivity contribution in [2.45, 2.75) is 76.2 Å². The number of aliphatic hydroxyl groups excluding tert-OH is 1. The highest BCUT2D eigenvalue weighted by Gasteiger charge is 2.45. The fourth-order valence-electron chi connectivity index (χ4n) is 5.58. The van der Waals surface area contributed by atoms with E-state index >= 15 is 0 Å². The average molecular weight is 599 g/mol. The van der Waals surface area contributed by atoms with Crippen LogP contribution in [0.25, 0.3) is 0 Å². The lowest BCUT2D eigenvalue weighted by atomic mass is 10.0. The average Bonchev–Trinajstić information content (AvgIpc) is 3.74. The number of carbonyl (C=O) groups excluding carboxylic acids is 6. The zero-order valence-electron chi connectivity index (χ0n) is 24.9. The van der Waals surface area contributed by atoms with Crippen molar-refractivity contribution < 1.29 is 33.9 Å². The van der Waals surface area contributed by atoms with Gasteiger partial charge in [0, 0.05) is 32.0 Å². The minimum atomic E-state index is -1.36. The quantitative estimate of drug-likeness (QED) is 0.259. The first-order chi connectivity index (χ1) is 20.5. The Morgan fingerprint density at radius 1 is 0.953 bits per heavy atom. The van der Waals surface area contributed by atoms with Crippen LogP contribution in [0, 0.1) is 11.8 Å². The molecule has 2 aliphatic heterocycles. The summed E-state index contributed by atoms with van der Waals surface area (Å²) in [7, 11) is 1.36. The van der Waals surface area contributed by atoms with Crippen LogP contribution >= 0.6 is 0 Å². The summed E-state index contributed by atoms with van der Waals surface area (Å²) in [5.41, 5.74) is 0.773. The third-order valence-electron chi connectivity index (χ3n) is 7.99. The smallest absolute Gasteiger partial charge is 0.247 e. The first-order valence-electron chi connectivity index (χ1n) is 14.9. The molecule has 2 heterocycles. The second-order valence-electron chi connectivity index (χ2n) is 12.2. The fraction of sp³-hybridized carbons (Fsp3) is 0.600. The van der Waals surface area contributed by atoms with Crippen LogP contribution in [0.4, 0.5) is 0 Å². The molecule has 234 valence electrons. The summed E-state index contributed by atoms with van der Waals surface area (Å²) in [6.45, 7) is 2.67. The highest BCUT2D eigenvalue weighted by molar-refractivity contribution is 5.97. The Kier molecular flexibility index (Phi) is 10.4. The molecule has 3 fully saturated rings. The van der Waals surface area contributed by atoms with E-state index < -0.39 is 72.9 Å². The lowest BCUT2D eigenvalue weighted by Gasteiger charge is -2.30. The van der Waals surface area contributed by atoms with Crippen molar-refractivity contribution in [3.05, 3.63) is 35.9 Å². The van der Waals surface area contributed by atoms with Gasteiger partial charge in [-0.15, -0.1) is 0 Å². The topological polar surface area (TPSA) is 177 Å². The van der Waals surface area contributed by atoms with Crippen molar-refractivity contribution in [1.29, 1.82) is 0 Å². The van der Waals surface area contributed by atoms with Crippen LogP contribution in [-0.2, 0) is 35.2 Å². The van der Waals surface area contributed by atoms with Crippen LogP contribution in [0.3, 0.4) is 0 Å². The maximum atomic E-state index is 14.2. The first kappa shape index (κ1) is 31.9. The van der Waals surface area contributed by atoms with Crippen molar-refractivity contribution in [3.8, 4) is 0 Å². The predicted octanol–water partition coefficient (Wildman–Crippen LogP) is -1.31. The van der Waals surface area contributed by atoms with E-state index in [0.29, 0.717) is 0 Å². The number of hydrogen-bond acceptors (Lipinski definition) is 7. The van der Waals surface area contributed by atoms with Crippen LogP contribution in [0.5, 0.6) is 0 Å². The van der Waals surface area contributed by atoms with Gasteiger partial charge >= 0.3 is 0 Å². The zero-order valence-corrected chi connectivity index (χ0v) is 24.9. The second kappa shape index (κ2) is 14.0. The molecule has 43 heavy (non-hydrogen) atoms. The highest BCUT2D eigenvalue weighted by atomic mass is 16.3. The Morgan fingerprint density at radius 3 is 2.26 bits per heavy atom. The van der Waals surface area contributed by atoms with E-state index in [1.165, 1.54) is 11.9 Å². The Labute approximate surface area is 251 Å². The molecule has 13 nitrogen and oxygen atoms in total. The molecule has 0 aromatic heterocycles. The molecule has 4 rings (SSSR count). The first-order valence-corrected chi connectivity index (χ1v) is 14.9. The lowest BCUT2D eigenvalue weighted by molar-refractivity contribution is -0.143. The molecule has 1 aliphatic carbocycles. The van der Waals surface area contributed by atoms with Crippen molar-refractivity contribution in [2.75, 3.05) is 26.7 Å². The van der Waals surface area contributed by atoms with Crippen molar-refractivity contribution in [2.24, 2.45) is 11.8 Å². The number of benzene rings is 1. The molecule has 13 heteroatoms. The van der Waals surface area contributed by atoms with Crippen LogP contribution in [0.15, 0.2) is 30.3 Å². The van der Waals surface area contributed by atoms with E-state index in [1.54, 1.807) is 0 Å². The van der Waals surface area contributed by atoms with Gasteiger partial charge in [-0.1, -0.05) is 44.2 Å². The third kappa shape index (κ3) is 8.31. The minimum Gasteiger partial charge on any atom is -0.394 e. The van der Waals surface area contributed by atoms with Crippen molar-refractivity contribution in [3.63, 3.8) is 0 Å². The summed E-state index contributed by atoms with van der Waals surface area (Å²) in [5.74, 6) is -3.28. The number of likely N-dealkylation sites (N-methyl/N-ethyl adjacent to an activating group) is 1. The van der Waals surface area contributed by atoms with Gasteiger partial charge < -0.3 is 36.2 Å². The van der Waals surface area contributed by atoms with Gasteiger partial charge in [-0.3, -0.25) is 28.8 Å². The van der Waals surface area contributed by atoms with Crippen molar-refractivity contribution >= 4 is 35.4 Å². The number of fused-ring (bicyclic) bond motifs is 1. The monoisotopic (exact) mass is 598 g/mol. The third-order valence-corrected chi connectivity index (χ3v) is 7.99. The molecule has 2 saturated heterocycles. The molecule has 1 saturated carbocycles. The molecule has 5 atom stereocenters. The number of hydrogen-bond donors (Lipinski definition) is 5. The predicted molar refractivity (Wildman–Crippen MR) is 155 cm³/mol. The Morgan fingerprint density at radius 2 is 1.63 bits per heavy atom. The molecular weight excluding hydrogens is 556 g/mol. The number of carbonyl (C=O) groups is 6. The Bertz CT molecular complexity index is 1220. The van der Waals surface area contributed by atoms with E-state index in [-0.39, 0.29) is 43.6 Å². The van der Waals surface area contributed by atoms with Crippen LogP contribution in [-0.4, -0.2) is 107 Å². The van der Waals surface area contributed by atoms with Crippen LogP contribution in [0.1, 0.15) is 45.1 Å². The molecule has 3 aliphatic rings. The van der Waals surface area contributed by atoms with Crippen molar-refractivity contribution in [1.82, 2.24) is 31.1 Å². The summed E-state index contributed by atoms with van der Waals surface area (Å²) >= 11 is 0. The van der Waals surface area contributed by atoms with E-state index in [0.717, 1.165) is 23.3 Å². The van der Waals surface area contributed by atoms with E-state index in [1.807, 2.05) is 44.2 Å². The maximum absolute atomic E-state index is 14.2. The molecule has 6 amide bonds. The summed E-state index contributed by atoms with van der Waals surface area (Å²) < 4.78 is 0. The van der Waals surface area contributed by atoms with Crippen LogP contribution in [0.2, 0.25) is 0 Å². The van der Waals surface area contributed by atoms with Gasteiger partial charge in [0.05, 0.1) is 13.2 Å². The van der Waals surface area contributed by atoms with Gasteiger partial charge in [-0.05, 0) is 37.2 Å². The van der Waals surface area contributed by atoms with E-state index in [4.69, 9.17) is 0 Å². The summed E-state index contributed by atoms with van der Waals surface area (Å²) in [4.78, 5) is 82.4. The number of rotatable bonds is 7. The van der Waals surface area contributed by atoms with Gasteiger partial charge in [0.15, 0.2) is 0 Å². The Balaban J connectivity index is 1.70. The van der Waals surface area contributed by atoms with E-state index in [2.05, 4.69) is 21.3 Å². The maximum Gasteiger partial charge on any atom is 0.247 e. The molecule has 0 bridgehead atoms. The zero-order chi connectivity index (χ0) is 31.3. The SMILES string of the molecule is CC(C)C[C@@H]1NC(=O)CN(C)C(=O)[C@H](CO)NC(=O)[C@@H]2C[C@H](NC(=O)C3CC3)CN2C(=O)[C@H](Cc2ccccc2)NC1=O. The Hall–Kier alpha value is -4.00. The fourth-order valence-corrected chi connectivity index (χ4v) is 5.58. The van der Waals surface area contributed by atoms with Crippen LogP contribution < -0.4 is 21.3 Å². The number of amides is 6. The van der Waals surface area contributed by atoms with Gasteiger partial charge in [-0.25, -0.2) is 0 Å². The molecule has 1 aromatic carbocycles. The molecular formula is C30H42N6O7. The summed E-state index contributed by atoms with van der Waals surface area (Å²) in [6.07, 6.45) is 2.08. The van der Waals surface area contributed by atoms with Gasteiger partial charge in [0.2, 0.25) is 35.4 Å². The minimum absolute atomic E-state index is 0.0140. The second-order valence-corrected chi connectivity index (χ2v) is 12.2. The van der Waals surface area contributed by atoms with Gasteiger partial charge in [-0.2, -0.15) is 0 Å². The van der Waals surface area contributed by atoms with Gasteiger partial charge in [0.1, 0.15) is 24.2 Å². The lowest BCUT2D eigenvalue weighted by Crippen LogP contribution is -2.58. The molecule has 0 radical (unpaired) electrons. The highest BCUT2D eigenvalue weighted by Crippen LogP contribution is 2.30. The number of nitrogens with one attached hydrogen (secondary N) is 4. The number of nitrogens with zero attached hydrogens (tertiary/aromatic N) is 2.